The van der Waals surface area contributed by atoms with Crippen molar-refractivity contribution in [2.75, 3.05) is 11.9 Å². The summed E-state index contributed by atoms with van der Waals surface area (Å²) >= 11 is 0. The van der Waals surface area contributed by atoms with Crippen LogP contribution in [0.5, 0.6) is 0 Å². The monoisotopic (exact) mass is 323 g/mol. The van der Waals surface area contributed by atoms with Crippen LogP contribution in [-0.4, -0.2) is 17.0 Å². The van der Waals surface area contributed by atoms with E-state index in [0.717, 1.165) is 17.8 Å². The van der Waals surface area contributed by atoms with Gasteiger partial charge < -0.3 is 15.2 Å². The number of rotatable bonds is 2. The second-order valence-corrected chi connectivity index (χ2v) is 5.36. The van der Waals surface area contributed by atoms with Gasteiger partial charge in [0.2, 0.25) is 0 Å². The predicted molar refractivity (Wildman–Crippen MR) is 87.2 cm³/mol. The van der Waals surface area contributed by atoms with Crippen molar-refractivity contribution in [2.24, 2.45) is 7.05 Å². The van der Waals surface area contributed by atoms with E-state index in [9.17, 15) is 9.18 Å². The van der Waals surface area contributed by atoms with Gasteiger partial charge in [-0.3, -0.25) is 4.79 Å². The van der Waals surface area contributed by atoms with Crippen LogP contribution in [0.25, 0.3) is 0 Å². The van der Waals surface area contributed by atoms with E-state index in [1.165, 1.54) is 0 Å². The highest BCUT2D eigenvalue weighted by molar-refractivity contribution is 6.03. The minimum Gasteiger partial charge on any atom is -0.344 e. The molecule has 1 aliphatic rings. The van der Waals surface area contributed by atoms with E-state index in [1.807, 2.05) is 26.1 Å². The number of nitrogens with zero attached hydrogens (tertiary/aromatic N) is 1. The summed E-state index contributed by atoms with van der Waals surface area (Å²) in [6, 6.07) is 7.11. The molecule has 4 nitrogen and oxygen atoms in total. The van der Waals surface area contributed by atoms with Gasteiger partial charge in [-0.25, -0.2) is 4.39 Å². The molecule has 1 aliphatic heterocycles. The Morgan fingerprint density at radius 3 is 2.77 bits per heavy atom. The van der Waals surface area contributed by atoms with E-state index < -0.39 is 0 Å². The quantitative estimate of drug-likeness (QED) is 0.892. The van der Waals surface area contributed by atoms with Gasteiger partial charge in [0.25, 0.3) is 5.91 Å². The predicted octanol–water partition coefficient (Wildman–Crippen LogP) is 2.79. The highest BCUT2D eigenvalue weighted by Gasteiger charge is 2.19. The van der Waals surface area contributed by atoms with Crippen LogP contribution in [-0.2, 0) is 20.0 Å². The number of hydrogen-bond acceptors (Lipinski definition) is 2. The number of nitrogens with one attached hydrogen (secondary N) is 2. The fraction of sp³-hybridized carbons (Fsp3) is 0.312. The Labute approximate surface area is 135 Å². The summed E-state index contributed by atoms with van der Waals surface area (Å²) in [6.45, 7) is 3.36. The van der Waals surface area contributed by atoms with E-state index in [-0.39, 0.29) is 29.8 Å². The van der Waals surface area contributed by atoms with Gasteiger partial charge in [-0.15, -0.1) is 12.4 Å². The second kappa shape index (κ2) is 6.50. The van der Waals surface area contributed by atoms with E-state index in [1.54, 1.807) is 16.7 Å². The summed E-state index contributed by atoms with van der Waals surface area (Å²) in [5, 5.41) is 5.88. The first-order valence-corrected chi connectivity index (χ1v) is 7.02. The average Bonchev–Trinajstić information content (AvgIpc) is 2.82. The van der Waals surface area contributed by atoms with Crippen molar-refractivity contribution in [1.82, 2.24) is 9.88 Å². The first kappa shape index (κ1) is 16.5. The molecular formula is C16H19ClFN3O. The standard InChI is InChI=1S/C16H18FN3O.ClH/c1-10-3-6-14(20(10)2)16(21)19-13-5-4-11-9-18-8-7-12(11)15(13)17;/h3-6,18H,7-9H2,1-2H3,(H,19,21);1H. The molecule has 22 heavy (non-hydrogen) atoms. The Kier molecular flexibility index (Phi) is 4.88. The molecule has 6 heteroatoms. The number of fused-ring (bicyclic) bond motifs is 1. The highest BCUT2D eigenvalue weighted by atomic mass is 35.5. The lowest BCUT2D eigenvalue weighted by Gasteiger charge is -2.19. The maximum absolute atomic E-state index is 14.5. The molecule has 2 heterocycles. The summed E-state index contributed by atoms with van der Waals surface area (Å²) in [4.78, 5) is 12.3. The van der Waals surface area contributed by atoms with Crippen molar-refractivity contribution in [3.05, 3.63) is 52.6 Å². The van der Waals surface area contributed by atoms with Crippen LogP contribution in [0.2, 0.25) is 0 Å². The lowest BCUT2D eigenvalue weighted by atomic mass is 9.99. The minimum atomic E-state index is -0.312. The third kappa shape index (κ3) is 2.87. The molecule has 2 aromatic rings. The molecule has 3 rings (SSSR count). The van der Waals surface area contributed by atoms with Crippen LogP contribution in [0.4, 0.5) is 10.1 Å². The smallest absolute Gasteiger partial charge is 0.272 e. The van der Waals surface area contributed by atoms with Gasteiger partial charge in [0, 0.05) is 19.3 Å². The number of halogens is 2. The molecule has 0 saturated heterocycles. The fourth-order valence-electron chi connectivity index (χ4n) is 2.66. The zero-order chi connectivity index (χ0) is 15.0. The number of aromatic nitrogens is 1. The molecule has 118 valence electrons. The van der Waals surface area contributed by atoms with Gasteiger partial charge in [-0.1, -0.05) is 6.07 Å². The Hall–Kier alpha value is -1.85. The van der Waals surface area contributed by atoms with Crippen LogP contribution < -0.4 is 10.6 Å². The third-order valence-corrected chi connectivity index (χ3v) is 4.06. The van der Waals surface area contributed by atoms with Gasteiger partial charge in [0.05, 0.1) is 5.69 Å². The van der Waals surface area contributed by atoms with Crippen molar-refractivity contribution in [1.29, 1.82) is 0 Å². The molecular weight excluding hydrogens is 305 g/mol. The Balaban J connectivity index is 0.00000176. The largest absolute Gasteiger partial charge is 0.344 e. The summed E-state index contributed by atoms with van der Waals surface area (Å²) < 4.78 is 16.3. The van der Waals surface area contributed by atoms with Gasteiger partial charge in [0.1, 0.15) is 11.5 Å². The Morgan fingerprint density at radius 2 is 2.09 bits per heavy atom. The van der Waals surface area contributed by atoms with Gasteiger partial charge in [-0.05, 0) is 49.2 Å². The number of carbonyl (C=O) groups is 1. The van der Waals surface area contributed by atoms with Gasteiger partial charge >= 0.3 is 0 Å². The van der Waals surface area contributed by atoms with Crippen molar-refractivity contribution in [3.63, 3.8) is 0 Å². The number of carbonyl (C=O) groups excluding carboxylic acids is 1. The van der Waals surface area contributed by atoms with Crippen LogP contribution in [0, 0.1) is 12.7 Å². The van der Waals surface area contributed by atoms with Crippen molar-refractivity contribution >= 4 is 24.0 Å². The molecule has 1 aromatic carbocycles. The summed E-state index contributed by atoms with van der Waals surface area (Å²) in [5.74, 6) is -0.605. The Morgan fingerprint density at radius 1 is 1.32 bits per heavy atom. The molecule has 0 spiro atoms. The van der Waals surface area contributed by atoms with Crippen LogP contribution in [0.1, 0.15) is 27.3 Å². The van der Waals surface area contributed by atoms with Gasteiger partial charge in [-0.2, -0.15) is 0 Å². The number of aryl methyl sites for hydroxylation is 1. The van der Waals surface area contributed by atoms with Crippen LogP contribution in [0.3, 0.4) is 0 Å². The van der Waals surface area contributed by atoms with Crippen LogP contribution >= 0.6 is 12.4 Å². The molecule has 0 aliphatic carbocycles. The topological polar surface area (TPSA) is 46.1 Å². The second-order valence-electron chi connectivity index (χ2n) is 5.36. The molecule has 2 N–H and O–H groups in total. The van der Waals surface area contributed by atoms with E-state index in [4.69, 9.17) is 0 Å². The molecule has 0 bridgehead atoms. The highest BCUT2D eigenvalue weighted by Crippen LogP contribution is 2.25. The van der Waals surface area contributed by atoms with Gasteiger partial charge in [0.15, 0.2) is 0 Å². The number of anilines is 1. The normalized spacial score (nSPS) is 13.2. The first-order valence-electron chi connectivity index (χ1n) is 7.02. The molecule has 1 amide bonds. The molecule has 0 saturated carbocycles. The molecule has 0 unspecified atom stereocenters. The van der Waals surface area contributed by atoms with E-state index >= 15 is 0 Å². The van der Waals surface area contributed by atoms with Crippen molar-refractivity contribution < 1.29 is 9.18 Å². The zero-order valence-corrected chi connectivity index (χ0v) is 13.4. The van der Waals surface area contributed by atoms with Crippen molar-refractivity contribution in [3.8, 4) is 0 Å². The lowest BCUT2D eigenvalue weighted by Crippen LogP contribution is -2.25. The average molecular weight is 324 g/mol. The third-order valence-electron chi connectivity index (χ3n) is 4.06. The number of benzene rings is 1. The fourth-order valence-corrected chi connectivity index (χ4v) is 2.66. The molecule has 1 aromatic heterocycles. The SMILES string of the molecule is Cc1ccc(C(=O)Nc2ccc3c(c2F)CCNC3)n1C.Cl. The molecule has 0 radical (unpaired) electrons. The first-order chi connectivity index (χ1) is 10.1. The summed E-state index contributed by atoms with van der Waals surface area (Å²) in [6.07, 6.45) is 0.647. The van der Waals surface area contributed by atoms with E-state index in [2.05, 4.69) is 10.6 Å². The van der Waals surface area contributed by atoms with Crippen molar-refractivity contribution in [2.45, 2.75) is 19.9 Å². The Bertz CT molecular complexity index is 712. The van der Waals surface area contributed by atoms with Crippen LogP contribution in [0.15, 0.2) is 24.3 Å². The number of amides is 1. The maximum atomic E-state index is 14.5. The molecule has 0 atom stereocenters. The minimum absolute atomic E-state index is 0. The number of hydrogen-bond donors (Lipinski definition) is 2. The summed E-state index contributed by atoms with van der Waals surface area (Å²) in [7, 11) is 1.82. The maximum Gasteiger partial charge on any atom is 0.272 e. The summed E-state index contributed by atoms with van der Waals surface area (Å²) in [5.41, 5.74) is 3.42. The zero-order valence-electron chi connectivity index (χ0n) is 12.6. The molecule has 0 fully saturated rings. The van der Waals surface area contributed by atoms with E-state index in [0.29, 0.717) is 24.2 Å². The lowest BCUT2D eigenvalue weighted by molar-refractivity contribution is 0.101.